The third kappa shape index (κ3) is 9.44. The Morgan fingerprint density at radius 1 is 0.366 bits per heavy atom. The van der Waals surface area contributed by atoms with Crippen molar-refractivity contribution in [2.24, 2.45) is 0 Å². The molecule has 9 aromatic carbocycles. The van der Waals surface area contributed by atoms with Crippen LogP contribution in [0.4, 0.5) is 0 Å². The first kappa shape index (κ1) is 52.1. The van der Waals surface area contributed by atoms with Crippen molar-refractivity contribution in [1.82, 2.24) is 20.4 Å². The number of fused-ring (bicyclic) bond motifs is 2. The maximum Gasteiger partial charge on any atom is 0.262 e. The van der Waals surface area contributed by atoms with Crippen LogP contribution in [-0.4, -0.2) is 70.4 Å². The predicted molar refractivity (Wildman–Crippen MR) is 313 cm³/mol. The minimum absolute atomic E-state index is 0.0739. The summed E-state index contributed by atoms with van der Waals surface area (Å²) in [5.41, 5.74) is 4.25. The minimum atomic E-state index is -0.707. The Labute approximate surface area is 473 Å². The third-order valence-electron chi connectivity index (χ3n) is 16.6. The Bertz CT molecular complexity index is 3620. The summed E-state index contributed by atoms with van der Waals surface area (Å²) in [7, 11) is 0. The lowest BCUT2D eigenvalue weighted by Crippen LogP contribution is -2.48. The molecule has 6 amide bonds. The zero-order valence-electron chi connectivity index (χ0n) is 46.2. The smallest absolute Gasteiger partial charge is 0.262 e. The number of rotatable bonds is 14. The lowest BCUT2D eigenvalue weighted by atomic mass is 9.80. The van der Waals surface area contributed by atoms with Gasteiger partial charge in [0.2, 0.25) is 11.8 Å². The van der Waals surface area contributed by atoms with Crippen LogP contribution >= 0.6 is 0 Å². The highest BCUT2D eigenvalue weighted by Crippen LogP contribution is 2.58. The van der Waals surface area contributed by atoms with Gasteiger partial charge in [-0.2, -0.15) is 0 Å². The molecule has 0 spiro atoms. The van der Waals surface area contributed by atoms with Crippen LogP contribution in [-0.2, 0) is 9.59 Å². The van der Waals surface area contributed by atoms with E-state index in [1.807, 2.05) is 125 Å². The molecule has 2 heterocycles. The fourth-order valence-electron chi connectivity index (χ4n) is 12.5. The maximum atomic E-state index is 15.4. The lowest BCUT2D eigenvalue weighted by molar-refractivity contribution is -0.123. The lowest BCUT2D eigenvalue weighted by Gasteiger charge is -2.32. The minimum Gasteiger partial charge on any atom is -0.457 e. The molecule has 82 heavy (non-hydrogen) atoms. The number of ether oxygens (including phenoxy) is 4. The molecule has 0 radical (unpaired) electrons. The maximum absolute atomic E-state index is 15.4. The van der Waals surface area contributed by atoms with Crippen molar-refractivity contribution in [2.45, 2.75) is 104 Å². The molecular weight excluding hydrogens is 1030 g/mol. The summed E-state index contributed by atoms with van der Waals surface area (Å²) in [4.78, 5) is 91.7. The van der Waals surface area contributed by atoms with Crippen molar-refractivity contribution in [3.8, 4) is 46.0 Å². The van der Waals surface area contributed by atoms with Crippen LogP contribution in [0, 0.1) is 27.7 Å². The van der Waals surface area contributed by atoms with Gasteiger partial charge in [-0.25, -0.2) is 0 Å². The first-order chi connectivity index (χ1) is 39.7. The van der Waals surface area contributed by atoms with Crippen LogP contribution in [0.2, 0.25) is 0 Å². The number of carbonyl (C=O) groups is 6. The van der Waals surface area contributed by atoms with Crippen molar-refractivity contribution in [2.75, 3.05) is 13.1 Å². The third-order valence-corrected chi connectivity index (χ3v) is 16.6. The number of imide groups is 2. The molecule has 4 aliphatic rings. The van der Waals surface area contributed by atoms with Crippen molar-refractivity contribution >= 4 is 78.5 Å². The number of hydrogen-bond donors (Lipinski definition) is 2. The van der Waals surface area contributed by atoms with Gasteiger partial charge in [-0.1, -0.05) is 109 Å². The number of aryl methyl sites for hydroxylation is 4. The number of carbonyl (C=O) groups excluding carboxylic acids is 6. The van der Waals surface area contributed by atoms with Crippen LogP contribution in [0.25, 0.3) is 43.1 Å². The zero-order valence-corrected chi connectivity index (χ0v) is 46.2. The van der Waals surface area contributed by atoms with E-state index in [-0.39, 0.29) is 68.1 Å². The fourth-order valence-corrected chi connectivity index (χ4v) is 12.5. The Kier molecular flexibility index (Phi) is 13.3. The number of amides is 6. The van der Waals surface area contributed by atoms with E-state index in [4.69, 9.17) is 18.9 Å². The molecule has 0 unspecified atom stereocenters. The van der Waals surface area contributed by atoms with Gasteiger partial charge in [-0.15, -0.1) is 0 Å². The molecule has 13 rings (SSSR count). The van der Waals surface area contributed by atoms with Crippen LogP contribution in [0.5, 0.6) is 46.0 Å². The predicted octanol–water partition coefficient (Wildman–Crippen LogP) is 14.2. The molecule has 2 N–H and O–H groups in total. The molecule has 412 valence electrons. The second-order valence-electron chi connectivity index (χ2n) is 22.5. The van der Waals surface area contributed by atoms with Crippen molar-refractivity contribution in [3.05, 3.63) is 166 Å². The summed E-state index contributed by atoms with van der Waals surface area (Å²) in [5, 5.41) is 8.89. The molecule has 2 aliphatic carbocycles. The molecule has 0 atom stereocenters. The molecule has 2 fully saturated rings. The summed E-state index contributed by atoms with van der Waals surface area (Å²) < 4.78 is 28.2. The fraction of sp³-hybridized carbons (Fsp3) is 0.265. The summed E-state index contributed by atoms with van der Waals surface area (Å²) in [6.07, 6.45) is 9.27. The SMILES string of the molecule is Cc1ccc(Oc2cc3c4c(cc(Oc5ccc(C)cc5)c5c6c(Oc7ccc(C)cc7)cc7c8c(cc(Oc9ccc(C)cc9)c(c2c45)c86)C(=O)N(CC(=O)NC2CCCCC2)C7=O)C(=O)N(CC(=O)NC2CCCCC2)C3=O)cc1. The van der Waals surface area contributed by atoms with Crippen LogP contribution in [0.1, 0.15) is 128 Å². The number of benzene rings is 9. The van der Waals surface area contributed by atoms with E-state index < -0.39 is 48.5 Å². The Morgan fingerprint density at radius 3 is 0.854 bits per heavy atom. The van der Waals surface area contributed by atoms with E-state index in [1.54, 1.807) is 24.3 Å². The highest BCUT2D eigenvalue weighted by molar-refractivity contribution is 6.45. The van der Waals surface area contributed by atoms with E-state index in [1.165, 1.54) is 0 Å². The van der Waals surface area contributed by atoms with Crippen LogP contribution < -0.4 is 29.6 Å². The quantitative estimate of drug-likeness (QED) is 0.0607. The topological polar surface area (TPSA) is 170 Å². The Hall–Kier alpha value is -9.30. The van der Waals surface area contributed by atoms with Gasteiger partial charge in [-0.3, -0.25) is 38.6 Å². The number of nitrogens with zero attached hydrogens (tertiary/aromatic N) is 2. The van der Waals surface area contributed by atoms with Gasteiger partial charge >= 0.3 is 0 Å². The normalized spacial score (nSPS) is 15.7. The molecule has 14 nitrogen and oxygen atoms in total. The molecule has 2 aliphatic heterocycles. The number of nitrogens with one attached hydrogen (secondary N) is 2. The van der Waals surface area contributed by atoms with E-state index in [2.05, 4.69) is 10.6 Å². The molecule has 9 aromatic rings. The van der Waals surface area contributed by atoms with E-state index in [9.17, 15) is 9.59 Å². The first-order valence-electron chi connectivity index (χ1n) is 28.4. The van der Waals surface area contributed by atoms with Gasteiger partial charge in [-0.05, 0) is 126 Å². The summed E-state index contributed by atoms with van der Waals surface area (Å²) in [5.74, 6) is -1.43. The summed E-state index contributed by atoms with van der Waals surface area (Å²) >= 11 is 0. The van der Waals surface area contributed by atoms with E-state index >= 15 is 19.2 Å². The molecule has 2 saturated carbocycles. The van der Waals surface area contributed by atoms with Gasteiger partial charge in [0.05, 0.1) is 22.3 Å². The monoisotopic (exact) mass is 1090 g/mol. The van der Waals surface area contributed by atoms with Crippen LogP contribution in [0.3, 0.4) is 0 Å². The van der Waals surface area contributed by atoms with Crippen molar-refractivity contribution in [1.29, 1.82) is 0 Å². The van der Waals surface area contributed by atoms with Crippen molar-refractivity contribution < 1.29 is 47.7 Å². The van der Waals surface area contributed by atoms with Gasteiger partial charge in [0.1, 0.15) is 59.1 Å². The van der Waals surface area contributed by atoms with E-state index in [0.717, 1.165) is 96.3 Å². The first-order valence-corrected chi connectivity index (χ1v) is 28.4. The molecule has 0 bridgehead atoms. The van der Waals surface area contributed by atoms with Crippen LogP contribution in [0.15, 0.2) is 121 Å². The van der Waals surface area contributed by atoms with Gasteiger partial charge in [0, 0.05) is 55.2 Å². The van der Waals surface area contributed by atoms with Gasteiger partial charge < -0.3 is 29.6 Å². The van der Waals surface area contributed by atoms with E-state index in [0.29, 0.717) is 55.3 Å². The summed E-state index contributed by atoms with van der Waals surface area (Å²) in [6, 6.07) is 36.0. The zero-order chi connectivity index (χ0) is 56.5. The van der Waals surface area contributed by atoms with Gasteiger partial charge in [0.25, 0.3) is 23.6 Å². The molecular formula is C68H60N4O10. The highest BCUT2D eigenvalue weighted by Gasteiger charge is 2.42. The largest absolute Gasteiger partial charge is 0.457 e. The standard InChI is InChI=1S/C68H60N4O10/c1-37-15-23-43(24-16-37)79-51-31-47-57-48(66(76)71(65(47)75)35-55(73)69-41-11-7-5-8-12-41)33-53(81-45-27-19-39(3)20-28-45)61-62-54(82-46-29-21-40(4)22-30-46)34-50-58-49(67(77)72(68(50)78)36-56(74)70-42-13-9-6-10-14-42)32-52(60(64(58)62)59(51)63(57)61)80-44-25-17-38(2)18-26-44/h15-34,41-42H,5-14,35-36H2,1-4H3,(H,69,73)(H,70,74). The molecule has 14 heteroatoms. The average molecular weight is 1090 g/mol. The molecule has 0 saturated heterocycles. The van der Waals surface area contributed by atoms with Crippen molar-refractivity contribution in [3.63, 3.8) is 0 Å². The number of hydrogen-bond acceptors (Lipinski definition) is 10. The Morgan fingerprint density at radius 2 is 0.610 bits per heavy atom. The molecule has 0 aromatic heterocycles. The Balaban J connectivity index is 1.15. The summed E-state index contributed by atoms with van der Waals surface area (Å²) in [6.45, 7) is 6.78. The second kappa shape index (κ2) is 21.0. The average Bonchev–Trinajstić information content (AvgIpc) is 0.919. The van der Waals surface area contributed by atoms with Gasteiger partial charge in [0.15, 0.2) is 0 Å². The second-order valence-corrected chi connectivity index (χ2v) is 22.5. The highest BCUT2D eigenvalue weighted by atomic mass is 16.5.